The molecule has 0 radical (unpaired) electrons. The van der Waals surface area contributed by atoms with Gasteiger partial charge in [0.05, 0.1) is 23.1 Å². The van der Waals surface area contributed by atoms with Crippen LogP contribution in [0.25, 0.3) is 0 Å². The zero-order chi connectivity index (χ0) is 20.1. The van der Waals surface area contributed by atoms with Crippen molar-refractivity contribution in [1.29, 1.82) is 0 Å². The summed E-state index contributed by atoms with van der Waals surface area (Å²) in [6.07, 6.45) is 2.93. The number of nitrogens with one attached hydrogen (secondary N) is 1. The Kier molecular flexibility index (Phi) is 6.74. The van der Waals surface area contributed by atoms with Crippen LogP contribution in [0.1, 0.15) is 38.7 Å². The lowest BCUT2D eigenvalue weighted by Crippen LogP contribution is -2.35. The van der Waals surface area contributed by atoms with Gasteiger partial charge >= 0.3 is 0 Å². The normalized spacial score (nSPS) is 15.5. The van der Waals surface area contributed by atoms with Crippen molar-refractivity contribution in [2.75, 3.05) is 18.4 Å². The van der Waals surface area contributed by atoms with Crippen LogP contribution in [0.15, 0.2) is 39.9 Å². The number of amides is 1. The van der Waals surface area contributed by atoms with Crippen molar-refractivity contribution in [3.8, 4) is 5.75 Å². The molecule has 0 unspecified atom stereocenters. The first-order chi connectivity index (χ1) is 13.4. The standard InChI is InChI=1S/C20H26N2O4S2/c1-15(2)26-19-7-6-17(28(24,25)22-9-4-3-5-10-22)13-18(19)21-20(23)12-16-8-11-27-14-16/h6-8,11,13-15H,3-5,9-10,12H2,1-2H3,(H,21,23). The minimum Gasteiger partial charge on any atom is -0.489 e. The second kappa shape index (κ2) is 9.07. The van der Waals surface area contributed by atoms with E-state index in [1.807, 2.05) is 30.7 Å². The molecule has 8 heteroatoms. The summed E-state index contributed by atoms with van der Waals surface area (Å²) in [6.45, 7) is 4.84. The van der Waals surface area contributed by atoms with Crippen LogP contribution in [0.4, 0.5) is 5.69 Å². The highest BCUT2D eigenvalue weighted by atomic mass is 32.2. The largest absolute Gasteiger partial charge is 0.489 e. The van der Waals surface area contributed by atoms with E-state index in [0.717, 1.165) is 24.8 Å². The maximum absolute atomic E-state index is 13.0. The van der Waals surface area contributed by atoms with Crippen LogP contribution in [0, 0.1) is 0 Å². The average Bonchev–Trinajstić information content (AvgIpc) is 3.16. The van der Waals surface area contributed by atoms with Crippen molar-refractivity contribution in [3.63, 3.8) is 0 Å². The van der Waals surface area contributed by atoms with E-state index in [-0.39, 0.29) is 23.3 Å². The summed E-state index contributed by atoms with van der Waals surface area (Å²) in [5, 5.41) is 6.66. The zero-order valence-electron chi connectivity index (χ0n) is 16.2. The lowest BCUT2D eigenvalue weighted by molar-refractivity contribution is -0.115. The molecule has 0 spiro atoms. The fourth-order valence-electron chi connectivity index (χ4n) is 3.15. The van der Waals surface area contributed by atoms with Crippen LogP contribution in [0.5, 0.6) is 5.75 Å². The molecule has 2 heterocycles. The van der Waals surface area contributed by atoms with E-state index >= 15 is 0 Å². The molecule has 0 saturated carbocycles. The number of anilines is 1. The number of carbonyl (C=O) groups is 1. The van der Waals surface area contributed by atoms with Gasteiger partial charge in [0.2, 0.25) is 15.9 Å². The van der Waals surface area contributed by atoms with E-state index < -0.39 is 10.0 Å². The topological polar surface area (TPSA) is 75.7 Å². The van der Waals surface area contributed by atoms with Crippen molar-refractivity contribution < 1.29 is 17.9 Å². The van der Waals surface area contributed by atoms with Crippen molar-refractivity contribution >= 4 is 33.0 Å². The van der Waals surface area contributed by atoms with Crippen molar-refractivity contribution in [1.82, 2.24) is 4.31 Å². The Morgan fingerprint density at radius 3 is 2.61 bits per heavy atom. The Hall–Kier alpha value is -1.90. The maximum Gasteiger partial charge on any atom is 0.243 e. The predicted octanol–water partition coefficient (Wildman–Crippen LogP) is 3.89. The van der Waals surface area contributed by atoms with E-state index in [1.54, 1.807) is 12.1 Å². The maximum atomic E-state index is 13.0. The summed E-state index contributed by atoms with van der Waals surface area (Å²) < 4.78 is 33.3. The van der Waals surface area contributed by atoms with Gasteiger partial charge in [-0.3, -0.25) is 4.79 Å². The first kappa shape index (κ1) is 20.8. The van der Waals surface area contributed by atoms with Gasteiger partial charge in [0.15, 0.2) is 0 Å². The van der Waals surface area contributed by atoms with E-state index in [1.165, 1.54) is 21.7 Å². The second-order valence-electron chi connectivity index (χ2n) is 7.15. The summed E-state index contributed by atoms with van der Waals surface area (Å²) in [4.78, 5) is 12.6. The molecular weight excluding hydrogens is 396 g/mol. The van der Waals surface area contributed by atoms with Crippen molar-refractivity contribution in [2.24, 2.45) is 0 Å². The Balaban J connectivity index is 1.86. The molecule has 0 aliphatic carbocycles. The van der Waals surface area contributed by atoms with Crippen LogP contribution in [0.2, 0.25) is 0 Å². The lowest BCUT2D eigenvalue weighted by atomic mass is 10.2. The molecule has 2 aromatic rings. The van der Waals surface area contributed by atoms with Gasteiger partial charge in [-0.1, -0.05) is 6.42 Å². The molecule has 1 aliphatic heterocycles. The van der Waals surface area contributed by atoms with Crippen LogP contribution >= 0.6 is 11.3 Å². The van der Waals surface area contributed by atoms with E-state index in [9.17, 15) is 13.2 Å². The number of sulfonamides is 1. The molecule has 1 aromatic heterocycles. The molecule has 1 aliphatic rings. The Labute approximate surface area is 170 Å². The third kappa shape index (κ3) is 5.12. The van der Waals surface area contributed by atoms with Gasteiger partial charge in [-0.15, -0.1) is 0 Å². The third-order valence-corrected chi connectivity index (χ3v) is 7.11. The van der Waals surface area contributed by atoms with Gasteiger partial charge in [-0.2, -0.15) is 15.6 Å². The number of rotatable bonds is 7. The fraction of sp³-hybridized carbons (Fsp3) is 0.450. The summed E-state index contributed by atoms with van der Waals surface area (Å²) in [7, 11) is -3.59. The SMILES string of the molecule is CC(C)Oc1ccc(S(=O)(=O)N2CCCCC2)cc1NC(=O)Cc1ccsc1. The molecule has 1 aromatic carbocycles. The Morgan fingerprint density at radius 2 is 1.96 bits per heavy atom. The number of benzene rings is 1. The minimum atomic E-state index is -3.59. The van der Waals surface area contributed by atoms with Crippen molar-refractivity contribution in [2.45, 2.75) is 50.5 Å². The second-order valence-corrected chi connectivity index (χ2v) is 9.86. The van der Waals surface area contributed by atoms with Gasteiger partial charge in [0, 0.05) is 13.1 Å². The monoisotopic (exact) mass is 422 g/mol. The lowest BCUT2D eigenvalue weighted by Gasteiger charge is -2.26. The van der Waals surface area contributed by atoms with Gasteiger partial charge < -0.3 is 10.1 Å². The molecule has 6 nitrogen and oxygen atoms in total. The molecule has 0 atom stereocenters. The molecule has 1 amide bonds. The number of carbonyl (C=O) groups excluding carboxylic acids is 1. The van der Waals surface area contributed by atoms with E-state index in [0.29, 0.717) is 24.5 Å². The third-order valence-electron chi connectivity index (χ3n) is 4.49. The number of piperidine rings is 1. The number of nitrogens with zero attached hydrogens (tertiary/aromatic N) is 1. The Bertz CT molecular complexity index is 902. The first-order valence-corrected chi connectivity index (χ1v) is 11.9. The fourth-order valence-corrected chi connectivity index (χ4v) is 5.36. The van der Waals surface area contributed by atoms with Crippen LogP contribution < -0.4 is 10.1 Å². The summed E-state index contributed by atoms with van der Waals surface area (Å²) in [5.74, 6) is 0.255. The highest BCUT2D eigenvalue weighted by Gasteiger charge is 2.27. The molecule has 3 rings (SSSR count). The molecule has 28 heavy (non-hydrogen) atoms. The summed E-state index contributed by atoms with van der Waals surface area (Å²) >= 11 is 1.53. The van der Waals surface area contributed by atoms with E-state index in [4.69, 9.17) is 4.74 Å². The molecular formula is C20H26N2O4S2. The number of ether oxygens (including phenoxy) is 1. The first-order valence-electron chi connectivity index (χ1n) is 9.48. The van der Waals surface area contributed by atoms with Gasteiger partial charge in [-0.05, 0) is 67.3 Å². The van der Waals surface area contributed by atoms with Gasteiger partial charge in [0.1, 0.15) is 5.75 Å². The number of thiophene rings is 1. The molecule has 152 valence electrons. The van der Waals surface area contributed by atoms with Crippen molar-refractivity contribution in [3.05, 3.63) is 40.6 Å². The van der Waals surface area contributed by atoms with E-state index in [2.05, 4.69) is 5.32 Å². The summed E-state index contributed by atoms with van der Waals surface area (Å²) in [5.41, 5.74) is 1.30. The Morgan fingerprint density at radius 1 is 1.21 bits per heavy atom. The van der Waals surface area contributed by atoms with Gasteiger partial charge in [-0.25, -0.2) is 8.42 Å². The van der Waals surface area contributed by atoms with Crippen LogP contribution in [-0.4, -0.2) is 37.8 Å². The van der Waals surface area contributed by atoms with Crippen LogP contribution in [-0.2, 0) is 21.2 Å². The molecule has 0 bridgehead atoms. The molecule has 1 fully saturated rings. The highest BCUT2D eigenvalue weighted by Crippen LogP contribution is 2.31. The number of hydrogen-bond donors (Lipinski definition) is 1. The van der Waals surface area contributed by atoms with Crippen LogP contribution in [0.3, 0.4) is 0 Å². The quantitative estimate of drug-likeness (QED) is 0.734. The predicted molar refractivity (Wildman–Crippen MR) is 111 cm³/mol. The average molecular weight is 423 g/mol. The minimum absolute atomic E-state index is 0.0999. The van der Waals surface area contributed by atoms with Gasteiger partial charge in [0.25, 0.3) is 0 Å². The molecule has 1 N–H and O–H groups in total. The summed E-state index contributed by atoms with van der Waals surface area (Å²) in [6, 6.07) is 6.58. The number of hydrogen-bond acceptors (Lipinski definition) is 5. The smallest absolute Gasteiger partial charge is 0.243 e. The molecule has 1 saturated heterocycles. The highest BCUT2D eigenvalue weighted by molar-refractivity contribution is 7.89. The zero-order valence-corrected chi connectivity index (χ0v) is 17.8.